The number of aldehydes is 1. The van der Waals surface area contributed by atoms with Gasteiger partial charge >= 0.3 is 5.97 Å². The van der Waals surface area contributed by atoms with E-state index in [9.17, 15) is 9.59 Å². The van der Waals surface area contributed by atoms with Gasteiger partial charge in [0.1, 0.15) is 6.29 Å². The topological polar surface area (TPSA) is 43.4 Å². The summed E-state index contributed by atoms with van der Waals surface area (Å²) in [6.07, 6.45) is 1.08. The van der Waals surface area contributed by atoms with Crippen LogP contribution in [0.2, 0.25) is 0 Å². The molecule has 6 rings (SSSR count). The highest BCUT2D eigenvalue weighted by molar-refractivity contribution is 5.96. The number of methoxy groups -OCH3 is 1. The number of ether oxygens (including phenoxy) is 1. The van der Waals surface area contributed by atoms with Crippen molar-refractivity contribution in [3.63, 3.8) is 0 Å². The van der Waals surface area contributed by atoms with E-state index in [1.807, 2.05) is 0 Å². The molecule has 0 saturated heterocycles. The van der Waals surface area contributed by atoms with Gasteiger partial charge in [0.2, 0.25) is 0 Å². The van der Waals surface area contributed by atoms with Crippen molar-refractivity contribution in [3.8, 4) is 0 Å². The Labute approximate surface area is 80.8 Å². The maximum atomic E-state index is 11.8. The Bertz CT molecular complexity index is 406. The van der Waals surface area contributed by atoms with Gasteiger partial charge in [-0.1, -0.05) is 0 Å². The van der Waals surface area contributed by atoms with Crippen LogP contribution in [0.25, 0.3) is 0 Å². The fourth-order valence-electron chi connectivity index (χ4n) is 6.49. The van der Waals surface area contributed by atoms with E-state index in [4.69, 9.17) is 4.74 Å². The number of carbonyl (C=O) groups excluding carboxylic acids is 2. The van der Waals surface area contributed by atoms with Gasteiger partial charge in [0.05, 0.1) is 12.5 Å². The van der Waals surface area contributed by atoms with Gasteiger partial charge in [-0.05, 0) is 35.5 Å². The van der Waals surface area contributed by atoms with E-state index in [1.54, 1.807) is 0 Å². The molecule has 0 aromatic rings. The molecule has 6 fully saturated rings. The van der Waals surface area contributed by atoms with E-state index in [0.29, 0.717) is 23.7 Å². The monoisotopic (exact) mass is 190 g/mol. The zero-order chi connectivity index (χ0) is 9.46. The van der Waals surface area contributed by atoms with Gasteiger partial charge in [-0.25, -0.2) is 0 Å². The van der Waals surface area contributed by atoms with Crippen molar-refractivity contribution >= 4 is 12.3 Å². The number of esters is 1. The molecule has 6 aliphatic rings. The Balaban J connectivity index is 1.71. The molecule has 0 N–H and O–H groups in total. The van der Waals surface area contributed by atoms with Crippen molar-refractivity contribution in [2.75, 3.05) is 7.11 Å². The molecular weight excluding hydrogens is 180 g/mol. The van der Waals surface area contributed by atoms with E-state index in [1.165, 1.54) is 7.11 Å². The van der Waals surface area contributed by atoms with E-state index in [2.05, 4.69) is 0 Å². The maximum Gasteiger partial charge on any atom is 0.313 e. The lowest BCUT2D eigenvalue weighted by Gasteiger charge is -3.09. The average molecular weight is 190 g/mol. The van der Waals surface area contributed by atoms with Crippen molar-refractivity contribution in [2.45, 2.75) is 0 Å². The molecule has 6 saturated carbocycles. The van der Waals surface area contributed by atoms with Crippen LogP contribution in [-0.2, 0) is 14.3 Å². The smallest absolute Gasteiger partial charge is 0.313 e. The summed E-state index contributed by atoms with van der Waals surface area (Å²) in [6.45, 7) is 0. The molecule has 0 aromatic heterocycles. The first-order valence-corrected chi connectivity index (χ1v) is 5.33. The number of hydrogen-bond donors (Lipinski definition) is 0. The summed E-state index contributed by atoms with van der Waals surface area (Å²) < 4.78 is 4.89. The zero-order valence-corrected chi connectivity index (χ0v) is 7.77. The van der Waals surface area contributed by atoms with Crippen LogP contribution >= 0.6 is 0 Å². The summed E-state index contributed by atoms with van der Waals surface area (Å²) in [7, 11) is 1.45. The first-order chi connectivity index (χ1) is 6.78. The molecule has 4 unspecified atom stereocenters. The van der Waals surface area contributed by atoms with Crippen molar-refractivity contribution in [1.29, 1.82) is 0 Å². The first-order valence-electron chi connectivity index (χ1n) is 5.33. The Hall–Kier alpha value is -0.860. The zero-order valence-electron chi connectivity index (χ0n) is 7.77. The molecule has 0 aliphatic heterocycles. The van der Waals surface area contributed by atoms with Gasteiger partial charge in [-0.15, -0.1) is 0 Å². The van der Waals surface area contributed by atoms with Crippen LogP contribution in [0, 0.1) is 46.3 Å². The molecule has 0 radical (unpaired) electrons. The van der Waals surface area contributed by atoms with Crippen LogP contribution in [-0.4, -0.2) is 19.4 Å². The standard InChI is InChI=1S/C11H10O3/c1-14-9(13)11-7-4-3-5(7)10(11,2-12)6(3)8(4)11/h2-8H,1H3. The van der Waals surface area contributed by atoms with Crippen LogP contribution in [0.3, 0.4) is 0 Å². The highest BCUT2D eigenvalue weighted by Crippen LogP contribution is 3.10. The Morgan fingerprint density at radius 1 is 1.21 bits per heavy atom. The highest BCUT2D eigenvalue weighted by atomic mass is 16.5. The number of rotatable bonds is 2. The fourth-order valence-corrected chi connectivity index (χ4v) is 6.49. The van der Waals surface area contributed by atoms with E-state index < -0.39 is 0 Å². The molecule has 0 aromatic carbocycles. The summed E-state index contributed by atoms with van der Waals surface area (Å²) in [5.41, 5.74) is -0.535. The summed E-state index contributed by atoms with van der Waals surface area (Å²) >= 11 is 0. The van der Waals surface area contributed by atoms with Crippen LogP contribution in [0.1, 0.15) is 0 Å². The summed E-state index contributed by atoms with van der Waals surface area (Å²) in [4.78, 5) is 23.0. The molecule has 0 bridgehead atoms. The lowest BCUT2D eigenvalue weighted by atomic mass is 8.92. The molecule has 0 heterocycles. The lowest BCUT2D eigenvalue weighted by molar-refractivity contribution is -0.625. The molecule has 4 atom stereocenters. The second kappa shape index (κ2) is 1.29. The Morgan fingerprint density at radius 3 is 2.29 bits per heavy atom. The molecule has 3 heteroatoms. The third-order valence-electron chi connectivity index (χ3n) is 6.47. The minimum atomic E-state index is -0.307. The quantitative estimate of drug-likeness (QED) is 0.458. The Kier molecular flexibility index (Phi) is 0.609. The maximum absolute atomic E-state index is 11.8. The molecule has 72 valence electrons. The van der Waals surface area contributed by atoms with E-state index in [-0.39, 0.29) is 16.8 Å². The van der Waals surface area contributed by atoms with Gasteiger partial charge in [0.25, 0.3) is 0 Å². The summed E-state index contributed by atoms with van der Waals surface area (Å²) in [5, 5.41) is 0. The largest absolute Gasteiger partial charge is 0.469 e. The van der Waals surface area contributed by atoms with Crippen molar-refractivity contribution in [1.82, 2.24) is 0 Å². The van der Waals surface area contributed by atoms with Crippen LogP contribution < -0.4 is 0 Å². The minimum absolute atomic E-state index is 0.0958. The van der Waals surface area contributed by atoms with Gasteiger partial charge in [0, 0.05) is 5.41 Å². The molecule has 0 amide bonds. The second-order valence-electron chi connectivity index (χ2n) is 5.67. The fraction of sp³-hybridized carbons (Fsp3) is 0.818. The van der Waals surface area contributed by atoms with Crippen LogP contribution in [0.5, 0.6) is 0 Å². The normalized spacial score (nSPS) is 76.6. The van der Waals surface area contributed by atoms with Gasteiger partial charge in [-0.2, -0.15) is 0 Å². The van der Waals surface area contributed by atoms with Gasteiger partial charge in [0.15, 0.2) is 0 Å². The van der Waals surface area contributed by atoms with Gasteiger partial charge < -0.3 is 9.53 Å². The van der Waals surface area contributed by atoms with Crippen LogP contribution in [0.4, 0.5) is 0 Å². The van der Waals surface area contributed by atoms with Crippen molar-refractivity contribution in [3.05, 3.63) is 0 Å². The summed E-state index contributed by atoms with van der Waals surface area (Å²) in [6, 6.07) is 0. The van der Waals surface area contributed by atoms with Crippen molar-refractivity contribution in [2.24, 2.45) is 46.3 Å². The average Bonchev–Trinajstić information content (AvgIpc) is 2.27. The molecule has 14 heavy (non-hydrogen) atoms. The summed E-state index contributed by atoms with van der Waals surface area (Å²) in [5.74, 6) is 3.80. The number of carbonyl (C=O) groups is 2. The van der Waals surface area contributed by atoms with Gasteiger partial charge in [-0.3, -0.25) is 4.79 Å². The SMILES string of the molecule is COC(=O)C12C3C4C5C3C1(C=O)C5C42. The van der Waals surface area contributed by atoms with Crippen molar-refractivity contribution < 1.29 is 14.3 Å². The molecule has 6 aliphatic carbocycles. The first kappa shape index (κ1) is 6.59. The van der Waals surface area contributed by atoms with E-state index in [0.717, 1.165) is 18.1 Å². The predicted octanol–water partition coefficient (Wildman–Crippen LogP) is 0.0963. The third kappa shape index (κ3) is 0.226. The lowest BCUT2D eigenvalue weighted by Crippen LogP contribution is -3.11. The predicted molar refractivity (Wildman–Crippen MR) is 43.9 cm³/mol. The third-order valence-corrected chi connectivity index (χ3v) is 6.47. The van der Waals surface area contributed by atoms with E-state index >= 15 is 0 Å². The number of hydrogen-bond acceptors (Lipinski definition) is 3. The minimum Gasteiger partial charge on any atom is -0.469 e. The second-order valence-corrected chi connectivity index (χ2v) is 5.67. The molecular formula is C11H10O3. The van der Waals surface area contributed by atoms with Crippen LogP contribution in [0.15, 0.2) is 0 Å². The molecule has 3 nitrogen and oxygen atoms in total. The Morgan fingerprint density at radius 2 is 1.79 bits per heavy atom. The highest BCUT2D eigenvalue weighted by Gasteiger charge is 3.12. The molecule has 0 spiro atoms.